The fourth-order valence-corrected chi connectivity index (χ4v) is 2.38. The average Bonchev–Trinajstić information content (AvgIpc) is 2.59. The van der Waals surface area contributed by atoms with Crippen LogP contribution in [-0.2, 0) is 6.54 Å². The minimum Gasteiger partial charge on any atom is -0.478 e. The van der Waals surface area contributed by atoms with E-state index in [0.717, 1.165) is 18.1 Å². The zero-order chi connectivity index (χ0) is 17.7. The molecule has 0 aliphatic carbocycles. The molecule has 5 nitrogen and oxygen atoms in total. The molecule has 0 spiro atoms. The Morgan fingerprint density at radius 3 is 2.00 bits per heavy atom. The molecule has 3 N–H and O–H groups in total. The van der Waals surface area contributed by atoms with Gasteiger partial charge in [0.1, 0.15) is 0 Å². The highest BCUT2D eigenvalue weighted by Crippen LogP contribution is 2.20. The molecule has 1 unspecified atom stereocenters. The third kappa shape index (κ3) is 4.35. The van der Waals surface area contributed by atoms with E-state index in [1.165, 1.54) is 17.7 Å². The Morgan fingerprint density at radius 2 is 1.54 bits per heavy atom. The Labute approximate surface area is 141 Å². The van der Waals surface area contributed by atoms with E-state index in [1.807, 2.05) is 12.1 Å². The standard InChI is InChI=1S/C19H21NO4/c1-3-12(2)14-6-4-13(5-7-14)11-20-17-9-15(18(21)22)8-16(10-17)19(23)24/h4-10,12,20H,3,11H2,1-2H3,(H,21,22)(H,23,24). The van der Waals surface area contributed by atoms with Gasteiger partial charge in [-0.3, -0.25) is 0 Å². The van der Waals surface area contributed by atoms with Crippen LogP contribution in [0, 0.1) is 0 Å². The van der Waals surface area contributed by atoms with Crippen molar-refractivity contribution in [2.24, 2.45) is 0 Å². The van der Waals surface area contributed by atoms with Crippen molar-refractivity contribution in [3.63, 3.8) is 0 Å². The maximum Gasteiger partial charge on any atom is 0.335 e. The topological polar surface area (TPSA) is 86.6 Å². The molecule has 0 radical (unpaired) electrons. The van der Waals surface area contributed by atoms with Crippen LogP contribution in [-0.4, -0.2) is 22.2 Å². The summed E-state index contributed by atoms with van der Waals surface area (Å²) >= 11 is 0. The van der Waals surface area contributed by atoms with E-state index < -0.39 is 11.9 Å². The van der Waals surface area contributed by atoms with E-state index in [9.17, 15) is 9.59 Å². The Bertz CT molecular complexity index is 705. The van der Waals surface area contributed by atoms with Gasteiger partial charge in [-0.25, -0.2) is 9.59 Å². The van der Waals surface area contributed by atoms with Crippen molar-refractivity contribution >= 4 is 17.6 Å². The van der Waals surface area contributed by atoms with Crippen LogP contribution < -0.4 is 5.32 Å². The van der Waals surface area contributed by atoms with Gasteiger partial charge in [-0.05, 0) is 41.7 Å². The fourth-order valence-electron chi connectivity index (χ4n) is 2.38. The van der Waals surface area contributed by atoms with Crippen molar-refractivity contribution in [3.05, 3.63) is 64.7 Å². The second-order valence-corrected chi connectivity index (χ2v) is 5.81. The van der Waals surface area contributed by atoms with Crippen molar-refractivity contribution in [3.8, 4) is 0 Å². The van der Waals surface area contributed by atoms with Crippen LogP contribution in [0.25, 0.3) is 0 Å². The average molecular weight is 327 g/mol. The monoisotopic (exact) mass is 327 g/mol. The van der Waals surface area contributed by atoms with Gasteiger partial charge in [0.25, 0.3) is 0 Å². The van der Waals surface area contributed by atoms with Gasteiger partial charge in [0, 0.05) is 12.2 Å². The second-order valence-electron chi connectivity index (χ2n) is 5.81. The molecule has 0 heterocycles. The molecule has 1 atom stereocenters. The molecule has 0 bridgehead atoms. The molecular weight excluding hydrogens is 306 g/mol. The Kier molecular flexibility index (Phi) is 5.58. The molecule has 2 aromatic carbocycles. The zero-order valence-corrected chi connectivity index (χ0v) is 13.7. The first-order chi connectivity index (χ1) is 11.4. The lowest BCUT2D eigenvalue weighted by molar-refractivity contribution is 0.0696. The van der Waals surface area contributed by atoms with Gasteiger partial charge in [0.15, 0.2) is 0 Å². The third-order valence-electron chi connectivity index (χ3n) is 4.08. The van der Waals surface area contributed by atoms with E-state index in [4.69, 9.17) is 10.2 Å². The molecule has 24 heavy (non-hydrogen) atoms. The molecule has 0 aliphatic rings. The quantitative estimate of drug-likeness (QED) is 0.709. The molecule has 126 valence electrons. The molecule has 5 heteroatoms. The number of hydrogen-bond acceptors (Lipinski definition) is 3. The first kappa shape index (κ1) is 17.5. The summed E-state index contributed by atoms with van der Waals surface area (Å²) in [7, 11) is 0. The minimum atomic E-state index is -1.15. The summed E-state index contributed by atoms with van der Waals surface area (Å²) in [6.07, 6.45) is 1.08. The van der Waals surface area contributed by atoms with Crippen LogP contribution in [0.15, 0.2) is 42.5 Å². The van der Waals surface area contributed by atoms with E-state index in [1.54, 1.807) is 0 Å². The molecule has 0 aliphatic heterocycles. The lowest BCUT2D eigenvalue weighted by Gasteiger charge is -2.11. The first-order valence-corrected chi connectivity index (χ1v) is 7.85. The largest absolute Gasteiger partial charge is 0.478 e. The maximum atomic E-state index is 11.1. The maximum absolute atomic E-state index is 11.1. The summed E-state index contributed by atoms with van der Waals surface area (Å²) in [5.41, 5.74) is 2.69. The highest BCUT2D eigenvalue weighted by atomic mass is 16.4. The number of hydrogen-bond donors (Lipinski definition) is 3. The number of aromatic carboxylic acids is 2. The van der Waals surface area contributed by atoms with Gasteiger partial charge in [0.2, 0.25) is 0 Å². The van der Waals surface area contributed by atoms with E-state index in [0.29, 0.717) is 18.2 Å². The lowest BCUT2D eigenvalue weighted by Crippen LogP contribution is -2.06. The molecule has 0 fully saturated rings. The van der Waals surface area contributed by atoms with Gasteiger partial charge in [0.05, 0.1) is 11.1 Å². The highest BCUT2D eigenvalue weighted by Gasteiger charge is 2.11. The normalized spacial score (nSPS) is 11.8. The molecular formula is C19H21NO4. The van der Waals surface area contributed by atoms with E-state index >= 15 is 0 Å². The smallest absolute Gasteiger partial charge is 0.335 e. The number of carboxylic acids is 2. The summed E-state index contributed by atoms with van der Waals surface area (Å²) in [6.45, 7) is 4.82. The molecule has 2 aromatic rings. The molecule has 0 saturated heterocycles. The SMILES string of the molecule is CCC(C)c1ccc(CNc2cc(C(=O)O)cc(C(=O)O)c2)cc1. The number of benzene rings is 2. The Balaban J connectivity index is 2.13. The molecule has 0 amide bonds. The summed E-state index contributed by atoms with van der Waals surface area (Å²) in [6, 6.07) is 12.2. The number of anilines is 1. The van der Waals surface area contributed by atoms with Gasteiger partial charge in [-0.2, -0.15) is 0 Å². The zero-order valence-electron chi connectivity index (χ0n) is 13.7. The van der Waals surface area contributed by atoms with Crippen LogP contribution in [0.4, 0.5) is 5.69 Å². The first-order valence-electron chi connectivity index (χ1n) is 7.85. The second kappa shape index (κ2) is 7.64. The lowest BCUT2D eigenvalue weighted by atomic mass is 9.98. The van der Waals surface area contributed by atoms with Crippen molar-refractivity contribution in [1.29, 1.82) is 0 Å². The Morgan fingerprint density at radius 1 is 1.00 bits per heavy atom. The van der Waals surface area contributed by atoms with Gasteiger partial charge in [-0.1, -0.05) is 38.1 Å². The fraction of sp³-hybridized carbons (Fsp3) is 0.263. The van der Waals surface area contributed by atoms with Gasteiger partial charge < -0.3 is 15.5 Å². The van der Waals surface area contributed by atoms with Crippen LogP contribution in [0.1, 0.15) is 58.0 Å². The molecule has 0 aromatic heterocycles. The third-order valence-corrected chi connectivity index (χ3v) is 4.08. The van der Waals surface area contributed by atoms with Gasteiger partial charge in [-0.15, -0.1) is 0 Å². The van der Waals surface area contributed by atoms with Crippen LogP contribution in [0.5, 0.6) is 0 Å². The molecule has 0 saturated carbocycles. The van der Waals surface area contributed by atoms with Crippen LogP contribution >= 0.6 is 0 Å². The summed E-state index contributed by atoms with van der Waals surface area (Å²) in [4.78, 5) is 22.2. The molecule has 2 rings (SSSR count). The van der Waals surface area contributed by atoms with Crippen molar-refractivity contribution in [2.45, 2.75) is 32.7 Å². The van der Waals surface area contributed by atoms with Crippen LogP contribution in [0.3, 0.4) is 0 Å². The van der Waals surface area contributed by atoms with Crippen molar-refractivity contribution in [1.82, 2.24) is 0 Å². The van der Waals surface area contributed by atoms with Crippen LogP contribution in [0.2, 0.25) is 0 Å². The van der Waals surface area contributed by atoms with E-state index in [2.05, 4.69) is 31.3 Å². The Hall–Kier alpha value is -2.82. The van der Waals surface area contributed by atoms with E-state index in [-0.39, 0.29) is 11.1 Å². The predicted molar refractivity (Wildman–Crippen MR) is 92.8 cm³/mol. The summed E-state index contributed by atoms with van der Waals surface area (Å²) < 4.78 is 0. The number of rotatable bonds is 7. The minimum absolute atomic E-state index is 0.0514. The highest BCUT2D eigenvalue weighted by molar-refractivity contribution is 5.95. The summed E-state index contributed by atoms with van der Waals surface area (Å²) in [5, 5.41) is 21.3. The predicted octanol–water partition coefficient (Wildman–Crippen LogP) is 4.21. The number of carbonyl (C=O) groups is 2. The van der Waals surface area contributed by atoms with Crippen molar-refractivity contribution < 1.29 is 19.8 Å². The van der Waals surface area contributed by atoms with Gasteiger partial charge >= 0.3 is 11.9 Å². The number of nitrogens with one attached hydrogen (secondary N) is 1. The van der Waals surface area contributed by atoms with Crippen molar-refractivity contribution in [2.75, 3.05) is 5.32 Å². The number of carboxylic acid groups (broad SMARTS) is 2. The summed E-state index contributed by atoms with van der Waals surface area (Å²) in [5.74, 6) is -1.80.